The zero-order valence-corrected chi connectivity index (χ0v) is 20.1. The highest BCUT2D eigenvalue weighted by Crippen LogP contribution is 2.18. The third kappa shape index (κ3) is 9.80. The van der Waals surface area contributed by atoms with Crippen molar-refractivity contribution < 1.29 is 14.3 Å². The number of esters is 1. The molecule has 0 bridgehead atoms. The smallest absolute Gasteiger partial charge is 0.338 e. The number of nitrogens with zero attached hydrogens (tertiary/aromatic N) is 2. The number of aromatic nitrogens is 2. The van der Waals surface area contributed by atoms with Crippen molar-refractivity contribution in [2.45, 2.75) is 85.0 Å². The molecule has 0 amide bonds. The number of ether oxygens (including phenoxy) is 2. The second-order valence-electron chi connectivity index (χ2n) is 8.61. The highest BCUT2D eigenvalue weighted by Gasteiger charge is 2.10. The van der Waals surface area contributed by atoms with Gasteiger partial charge in [-0.2, -0.15) is 0 Å². The summed E-state index contributed by atoms with van der Waals surface area (Å²) in [6, 6.07) is 7.20. The van der Waals surface area contributed by atoms with E-state index in [4.69, 9.17) is 9.47 Å². The van der Waals surface area contributed by atoms with Crippen LogP contribution in [0.25, 0.3) is 11.4 Å². The standard InChI is InChI=1S/C27H40N2O3/c1-4-6-7-8-9-10-11-12-13-18-31-25-19-28-26(29-20-25)23-14-16-24(17-15-23)27(30)32-21-22(3)5-2/h14-17,19-20,22H,4-13,18,21H2,1-3H3/t22-/m0/s1. The Hall–Kier alpha value is -2.43. The van der Waals surface area contributed by atoms with E-state index < -0.39 is 0 Å². The third-order valence-electron chi connectivity index (χ3n) is 5.72. The molecule has 32 heavy (non-hydrogen) atoms. The molecule has 176 valence electrons. The second kappa shape index (κ2) is 15.4. The first kappa shape index (κ1) is 25.8. The lowest BCUT2D eigenvalue weighted by Crippen LogP contribution is -2.11. The Morgan fingerprint density at radius 1 is 0.875 bits per heavy atom. The second-order valence-corrected chi connectivity index (χ2v) is 8.61. The van der Waals surface area contributed by atoms with Crippen LogP contribution in [0.2, 0.25) is 0 Å². The Kier molecular flexibility index (Phi) is 12.4. The van der Waals surface area contributed by atoms with E-state index in [1.807, 2.05) is 12.1 Å². The Morgan fingerprint density at radius 2 is 1.47 bits per heavy atom. The number of hydrogen-bond acceptors (Lipinski definition) is 5. The largest absolute Gasteiger partial charge is 0.490 e. The Labute approximate surface area is 194 Å². The molecular weight excluding hydrogens is 400 g/mol. The first-order valence-electron chi connectivity index (χ1n) is 12.4. The normalized spacial score (nSPS) is 11.8. The fraction of sp³-hybridized carbons (Fsp3) is 0.593. The number of unbranched alkanes of at least 4 members (excludes halogenated alkanes) is 8. The average molecular weight is 441 g/mol. The summed E-state index contributed by atoms with van der Waals surface area (Å²) in [4.78, 5) is 20.9. The van der Waals surface area contributed by atoms with Gasteiger partial charge in [0.05, 0.1) is 31.2 Å². The summed E-state index contributed by atoms with van der Waals surface area (Å²) in [6.07, 6.45) is 16.1. The molecular formula is C27H40N2O3. The summed E-state index contributed by atoms with van der Waals surface area (Å²) in [5, 5.41) is 0. The molecule has 1 aromatic heterocycles. The molecule has 1 atom stereocenters. The minimum absolute atomic E-state index is 0.294. The van der Waals surface area contributed by atoms with Gasteiger partial charge in [0.25, 0.3) is 0 Å². The van der Waals surface area contributed by atoms with E-state index in [2.05, 4.69) is 30.7 Å². The molecule has 0 aliphatic rings. The minimum atomic E-state index is -0.294. The zero-order chi connectivity index (χ0) is 23.0. The van der Waals surface area contributed by atoms with Crippen molar-refractivity contribution in [3.8, 4) is 17.1 Å². The first-order valence-corrected chi connectivity index (χ1v) is 12.4. The topological polar surface area (TPSA) is 61.3 Å². The van der Waals surface area contributed by atoms with E-state index in [1.54, 1.807) is 24.5 Å². The fourth-order valence-electron chi connectivity index (χ4n) is 3.32. The lowest BCUT2D eigenvalue weighted by Gasteiger charge is -2.10. The van der Waals surface area contributed by atoms with Crippen molar-refractivity contribution >= 4 is 5.97 Å². The van der Waals surface area contributed by atoms with Crippen LogP contribution < -0.4 is 4.74 Å². The van der Waals surface area contributed by atoms with Gasteiger partial charge in [-0.15, -0.1) is 0 Å². The molecule has 0 unspecified atom stereocenters. The molecule has 0 fully saturated rings. The maximum Gasteiger partial charge on any atom is 0.338 e. The maximum atomic E-state index is 12.1. The van der Waals surface area contributed by atoms with Crippen molar-refractivity contribution in [3.63, 3.8) is 0 Å². The number of rotatable bonds is 16. The van der Waals surface area contributed by atoms with Gasteiger partial charge in [-0.05, 0) is 24.5 Å². The van der Waals surface area contributed by atoms with Crippen LogP contribution in [-0.4, -0.2) is 29.2 Å². The monoisotopic (exact) mass is 440 g/mol. The predicted molar refractivity (Wildman–Crippen MR) is 130 cm³/mol. The molecule has 0 aliphatic heterocycles. The fourth-order valence-corrected chi connectivity index (χ4v) is 3.32. The van der Waals surface area contributed by atoms with E-state index in [0.29, 0.717) is 36.3 Å². The molecule has 0 N–H and O–H groups in total. The summed E-state index contributed by atoms with van der Waals surface area (Å²) in [5.74, 6) is 1.38. The first-order chi connectivity index (χ1) is 15.6. The number of benzene rings is 1. The summed E-state index contributed by atoms with van der Waals surface area (Å²) >= 11 is 0. The predicted octanol–water partition coefficient (Wildman–Crippen LogP) is 7.26. The maximum absolute atomic E-state index is 12.1. The van der Waals surface area contributed by atoms with Gasteiger partial charge in [0.15, 0.2) is 11.6 Å². The summed E-state index contributed by atoms with van der Waals surface area (Å²) in [6.45, 7) is 7.55. The lowest BCUT2D eigenvalue weighted by molar-refractivity contribution is 0.0447. The molecule has 2 aromatic rings. The van der Waals surface area contributed by atoms with Gasteiger partial charge in [-0.3, -0.25) is 0 Å². The number of hydrogen-bond donors (Lipinski definition) is 0. The van der Waals surface area contributed by atoms with E-state index in [9.17, 15) is 4.79 Å². The molecule has 0 saturated carbocycles. The molecule has 2 rings (SSSR count). The lowest BCUT2D eigenvalue weighted by atomic mass is 10.1. The van der Waals surface area contributed by atoms with Crippen molar-refractivity contribution in [3.05, 3.63) is 42.2 Å². The van der Waals surface area contributed by atoms with Crippen molar-refractivity contribution in [1.82, 2.24) is 9.97 Å². The molecule has 5 nitrogen and oxygen atoms in total. The molecule has 0 saturated heterocycles. The third-order valence-corrected chi connectivity index (χ3v) is 5.72. The molecule has 1 aromatic carbocycles. The highest BCUT2D eigenvalue weighted by molar-refractivity contribution is 5.89. The van der Waals surface area contributed by atoms with Crippen molar-refractivity contribution in [2.24, 2.45) is 5.92 Å². The zero-order valence-electron chi connectivity index (χ0n) is 20.1. The molecule has 0 aliphatic carbocycles. The van der Waals surface area contributed by atoms with Gasteiger partial charge < -0.3 is 9.47 Å². The van der Waals surface area contributed by atoms with Gasteiger partial charge >= 0.3 is 5.97 Å². The van der Waals surface area contributed by atoms with Gasteiger partial charge in [0.1, 0.15) is 0 Å². The Balaban J connectivity index is 1.68. The Morgan fingerprint density at radius 3 is 2.06 bits per heavy atom. The van der Waals surface area contributed by atoms with Crippen LogP contribution in [-0.2, 0) is 4.74 Å². The van der Waals surface area contributed by atoms with E-state index in [-0.39, 0.29) is 5.97 Å². The SMILES string of the molecule is CCCCCCCCCCCOc1cnc(-c2ccc(C(=O)OC[C@@H](C)CC)cc2)nc1. The van der Waals surface area contributed by atoms with Crippen LogP contribution >= 0.6 is 0 Å². The van der Waals surface area contributed by atoms with Crippen molar-refractivity contribution in [1.29, 1.82) is 0 Å². The quantitative estimate of drug-likeness (QED) is 0.203. The van der Waals surface area contributed by atoms with Gasteiger partial charge in [0, 0.05) is 5.56 Å². The van der Waals surface area contributed by atoms with Gasteiger partial charge in [-0.25, -0.2) is 14.8 Å². The van der Waals surface area contributed by atoms with Crippen LogP contribution in [0.3, 0.4) is 0 Å². The van der Waals surface area contributed by atoms with Crippen molar-refractivity contribution in [2.75, 3.05) is 13.2 Å². The van der Waals surface area contributed by atoms with Crippen LogP contribution in [0.4, 0.5) is 0 Å². The van der Waals surface area contributed by atoms with E-state index in [0.717, 1.165) is 18.4 Å². The molecule has 0 radical (unpaired) electrons. The number of carbonyl (C=O) groups is 1. The van der Waals surface area contributed by atoms with E-state index >= 15 is 0 Å². The van der Waals surface area contributed by atoms with E-state index in [1.165, 1.54) is 51.4 Å². The summed E-state index contributed by atoms with van der Waals surface area (Å²) in [7, 11) is 0. The summed E-state index contributed by atoms with van der Waals surface area (Å²) in [5.41, 5.74) is 1.40. The molecule has 5 heteroatoms. The van der Waals surface area contributed by atoms with Crippen LogP contribution in [0.5, 0.6) is 5.75 Å². The van der Waals surface area contributed by atoms with Crippen LogP contribution in [0.1, 0.15) is 95.3 Å². The van der Waals surface area contributed by atoms with Crippen LogP contribution in [0.15, 0.2) is 36.7 Å². The van der Waals surface area contributed by atoms with Crippen LogP contribution in [0, 0.1) is 5.92 Å². The number of carbonyl (C=O) groups excluding carboxylic acids is 1. The Bertz CT molecular complexity index is 759. The van der Waals surface area contributed by atoms with Gasteiger partial charge in [0.2, 0.25) is 0 Å². The average Bonchev–Trinajstić information content (AvgIpc) is 2.84. The highest BCUT2D eigenvalue weighted by atomic mass is 16.5. The molecule has 0 spiro atoms. The summed E-state index contributed by atoms with van der Waals surface area (Å²) < 4.78 is 11.1. The molecule has 1 heterocycles. The van der Waals surface area contributed by atoms with Gasteiger partial charge in [-0.1, -0.05) is 90.7 Å². The minimum Gasteiger partial charge on any atom is -0.490 e.